The van der Waals surface area contributed by atoms with E-state index in [-0.39, 0.29) is 17.6 Å². The first kappa shape index (κ1) is 25.3. The first-order valence-electron chi connectivity index (χ1n) is 12.7. The quantitative estimate of drug-likeness (QED) is 0.258. The molecule has 5 rings (SSSR count). The van der Waals surface area contributed by atoms with Gasteiger partial charge in [0.1, 0.15) is 22.9 Å². The maximum absolute atomic E-state index is 13.5. The van der Waals surface area contributed by atoms with Crippen molar-refractivity contribution in [1.82, 2.24) is 10.6 Å². The van der Waals surface area contributed by atoms with Gasteiger partial charge in [-0.1, -0.05) is 25.3 Å². The van der Waals surface area contributed by atoms with Crippen LogP contribution in [0.5, 0.6) is 5.75 Å². The third-order valence-corrected chi connectivity index (χ3v) is 7.24. The monoisotopic (exact) mass is 515 g/mol. The summed E-state index contributed by atoms with van der Waals surface area (Å²) in [6.07, 6.45) is 4.69. The number of rotatable bonds is 8. The average molecular weight is 516 g/mol. The molecule has 1 aliphatic rings. The van der Waals surface area contributed by atoms with Crippen molar-refractivity contribution in [2.75, 3.05) is 26.4 Å². The molecule has 1 aliphatic carbocycles. The van der Waals surface area contributed by atoms with Crippen LogP contribution in [0.4, 0.5) is 10.1 Å². The zero-order valence-corrected chi connectivity index (χ0v) is 21.4. The molecular formula is C30H30FN3O4. The van der Waals surface area contributed by atoms with Crippen LogP contribution in [0.3, 0.4) is 0 Å². The average Bonchev–Trinajstić information content (AvgIpc) is 3.27. The van der Waals surface area contributed by atoms with Gasteiger partial charge in [-0.15, -0.1) is 0 Å². The molecule has 0 saturated heterocycles. The number of anilines is 1. The van der Waals surface area contributed by atoms with Gasteiger partial charge in [0.15, 0.2) is 0 Å². The van der Waals surface area contributed by atoms with Gasteiger partial charge in [0.2, 0.25) is 0 Å². The molecule has 1 aromatic heterocycles. The summed E-state index contributed by atoms with van der Waals surface area (Å²) in [5.74, 6) is 0.523. The van der Waals surface area contributed by atoms with Crippen LogP contribution < -0.4 is 21.1 Å². The minimum absolute atomic E-state index is 0.212. The number of furan rings is 1. The third kappa shape index (κ3) is 4.81. The van der Waals surface area contributed by atoms with Crippen molar-refractivity contribution in [2.45, 2.75) is 25.7 Å². The molecule has 0 unspecified atom stereocenters. The molecule has 4 aromatic rings. The highest BCUT2D eigenvalue weighted by Crippen LogP contribution is 2.39. The van der Waals surface area contributed by atoms with E-state index in [1.54, 1.807) is 36.4 Å². The first-order chi connectivity index (χ1) is 18.4. The number of nitrogens with one attached hydrogen (secondary N) is 2. The van der Waals surface area contributed by atoms with E-state index in [0.717, 1.165) is 6.42 Å². The summed E-state index contributed by atoms with van der Waals surface area (Å²) in [4.78, 5) is 26.0. The molecule has 0 aliphatic heterocycles. The fraction of sp³-hybridized carbons (Fsp3) is 0.267. The Morgan fingerprint density at radius 3 is 2.45 bits per heavy atom. The van der Waals surface area contributed by atoms with Crippen molar-refractivity contribution in [1.29, 1.82) is 0 Å². The topological polar surface area (TPSA) is 107 Å². The Morgan fingerprint density at radius 1 is 1.05 bits per heavy atom. The lowest BCUT2D eigenvalue weighted by atomic mass is 9.83. The molecular weight excluding hydrogens is 485 g/mol. The number of nitrogens with two attached hydrogens (primary N) is 1. The molecule has 0 radical (unpaired) electrons. The lowest BCUT2D eigenvalue weighted by molar-refractivity contribution is 0.0942. The molecule has 3 aromatic carbocycles. The number of fused-ring (bicyclic) bond motifs is 1. The molecule has 7 nitrogen and oxygen atoms in total. The van der Waals surface area contributed by atoms with Crippen LogP contribution in [0.25, 0.3) is 33.4 Å². The molecule has 38 heavy (non-hydrogen) atoms. The van der Waals surface area contributed by atoms with Gasteiger partial charge in [0, 0.05) is 41.9 Å². The lowest BCUT2D eigenvalue weighted by Crippen LogP contribution is -2.27. The van der Waals surface area contributed by atoms with E-state index in [2.05, 4.69) is 10.6 Å². The number of ether oxygens (including phenoxy) is 1. The number of benzene rings is 3. The van der Waals surface area contributed by atoms with Crippen molar-refractivity contribution >= 4 is 28.5 Å². The predicted molar refractivity (Wildman–Crippen MR) is 146 cm³/mol. The first-order valence-corrected chi connectivity index (χ1v) is 12.7. The molecule has 1 saturated carbocycles. The van der Waals surface area contributed by atoms with Crippen LogP contribution in [-0.4, -0.2) is 32.5 Å². The van der Waals surface area contributed by atoms with Crippen molar-refractivity contribution in [2.24, 2.45) is 5.92 Å². The normalized spacial score (nSPS) is 13.2. The maximum atomic E-state index is 13.5. The van der Waals surface area contributed by atoms with Crippen LogP contribution >= 0.6 is 0 Å². The summed E-state index contributed by atoms with van der Waals surface area (Å²) in [5.41, 5.74) is 9.90. The Balaban J connectivity index is 1.55. The van der Waals surface area contributed by atoms with Crippen LogP contribution in [-0.2, 0) is 0 Å². The standard InChI is InChI=1S/C30H30FN3O4/c1-33-30(36)27-22-15-21(24(32)16-26(22)38-28(27)18-6-9-20(31)10-7-18)19-8-11-25(37-2)23(14-19)29(35)34-13-12-17-4-3-5-17/h6-11,14-17H,3-5,12-13,32H2,1-2H3,(H,33,36)(H,34,35). The van der Waals surface area contributed by atoms with E-state index in [1.807, 2.05) is 6.07 Å². The summed E-state index contributed by atoms with van der Waals surface area (Å²) in [7, 11) is 3.06. The minimum atomic E-state index is -0.389. The largest absolute Gasteiger partial charge is 0.496 e. The number of carbonyl (C=O) groups is 2. The second-order valence-electron chi connectivity index (χ2n) is 9.58. The fourth-order valence-corrected chi connectivity index (χ4v) is 4.88. The van der Waals surface area contributed by atoms with Gasteiger partial charge in [-0.3, -0.25) is 9.59 Å². The van der Waals surface area contributed by atoms with Crippen LogP contribution in [0.2, 0.25) is 0 Å². The molecule has 0 bridgehead atoms. The molecule has 2 amide bonds. The summed E-state index contributed by atoms with van der Waals surface area (Å²) >= 11 is 0. The van der Waals surface area contributed by atoms with Gasteiger partial charge in [-0.05, 0) is 60.4 Å². The Morgan fingerprint density at radius 2 is 1.79 bits per heavy atom. The Hall–Kier alpha value is -4.33. The van der Waals surface area contributed by atoms with Crippen LogP contribution in [0.15, 0.2) is 59.0 Å². The van der Waals surface area contributed by atoms with E-state index in [0.29, 0.717) is 68.4 Å². The van der Waals surface area contributed by atoms with E-state index >= 15 is 0 Å². The van der Waals surface area contributed by atoms with Gasteiger partial charge in [-0.2, -0.15) is 0 Å². The molecule has 1 fully saturated rings. The Labute approximate surface area is 220 Å². The number of amides is 2. The predicted octanol–water partition coefficient (Wildman–Crippen LogP) is 5.78. The van der Waals surface area contributed by atoms with Crippen molar-refractivity contribution < 1.29 is 23.1 Å². The highest BCUT2D eigenvalue weighted by Gasteiger charge is 2.24. The molecule has 0 atom stereocenters. The summed E-state index contributed by atoms with van der Waals surface area (Å²) in [6.45, 7) is 0.613. The second kappa shape index (κ2) is 10.6. The Kier molecular flexibility index (Phi) is 7.05. The van der Waals surface area contributed by atoms with E-state index in [4.69, 9.17) is 14.9 Å². The zero-order valence-electron chi connectivity index (χ0n) is 21.4. The highest BCUT2D eigenvalue weighted by atomic mass is 19.1. The molecule has 196 valence electrons. The maximum Gasteiger partial charge on any atom is 0.255 e. The molecule has 8 heteroatoms. The summed E-state index contributed by atoms with van der Waals surface area (Å²) < 4.78 is 25.0. The summed E-state index contributed by atoms with van der Waals surface area (Å²) in [5, 5.41) is 6.22. The number of nitrogen functional groups attached to an aromatic ring is 1. The minimum Gasteiger partial charge on any atom is -0.496 e. The van der Waals surface area contributed by atoms with E-state index < -0.39 is 0 Å². The molecule has 1 heterocycles. The summed E-state index contributed by atoms with van der Waals surface area (Å²) in [6, 6.07) is 14.5. The molecule has 0 spiro atoms. The Bertz CT molecular complexity index is 1510. The fourth-order valence-electron chi connectivity index (χ4n) is 4.88. The SMILES string of the molecule is CNC(=O)c1c(-c2ccc(F)cc2)oc2cc(N)c(-c3ccc(OC)c(C(=O)NCCC4CCC4)c3)cc12. The van der Waals surface area contributed by atoms with E-state index in [1.165, 1.54) is 45.6 Å². The van der Waals surface area contributed by atoms with Gasteiger partial charge in [-0.25, -0.2) is 4.39 Å². The zero-order chi connectivity index (χ0) is 26.8. The number of methoxy groups -OCH3 is 1. The lowest BCUT2D eigenvalue weighted by Gasteiger charge is -2.25. The number of hydrogen-bond acceptors (Lipinski definition) is 5. The van der Waals surface area contributed by atoms with Gasteiger partial charge in [0.25, 0.3) is 11.8 Å². The number of hydrogen-bond donors (Lipinski definition) is 3. The van der Waals surface area contributed by atoms with Gasteiger partial charge >= 0.3 is 0 Å². The van der Waals surface area contributed by atoms with Gasteiger partial charge < -0.3 is 25.5 Å². The molecule has 4 N–H and O–H groups in total. The third-order valence-electron chi connectivity index (χ3n) is 7.24. The van der Waals surface area contributed by atoms with Crippen LogP contribution in [0.1, 0.15) is 46.4 Å². The van der Waals surface area contributed by atoms with Crippen molar-refractivity contribution in [3.8, 4) is 28.2 Å². The number of halogens is 1. The highest BCUT2D eigenvalue weighted by molar-refractivity contribution is 6.12. The smallest absolute Gasteiger partial charge is 0.255 e. The number of carbonyl (C=O) groups excluding carboxylic acids is 2. The van der Waals surface area contributed by atoms with Gasteiger partial charge in [0.05, 0.1) is 18.2 Å². The second-order valence-corrected chi connectivity index (χ2v) is 9.58. The van der Waals surface area contributed by atoms with E-state index in [9.17, 15) is 14.0 Å². The van der Waals surface area contributed by atoms with Crippen molar-refractivity contribution in [3.05, 3.63) is 71.5 Å². The van der Waals surface area contributed by atoms with Crippen molar-refractivity contribution in [3.63, 3.8) is 0 Å². The van der Waals surface area contributed by atoms with Crippen LogP contribution in [0, 0.1) is 11.7 Å².